The number of rotatable bonds is 5. The molecule has 1 aromatic carbocycles. The van der Waals surface area contributed by atoms with Crippen LogP contribution in [0.3, 0.4) is 0 Å². The van der Waals surface area contributed by atoms with E-state index in [4.69, 9.17) is 11.6 Å². The van der Waals surface area contributed by atoms with Crippen LogP contribution in [0.2, 0.25) is 5.02 Å². The van der Waals surface area contributed by atoms with Gasteiger partial charge in [0.25, 0.3) is 0 Å². The standard InChI is InChI=1S/C15H20ClN3/c1-4-12(9-14-10-19(5-2)18-17-14)13-6-7-15(16)11(3)8-13/h6-8,10,12H,4-5,9H2,1-3H3. The van der Waals surface area contributed by atoms with Gasteiger partial charge in [-0.2, -0.15) is 0 Å². The van der Waals surface area contributed by atoms with E-state index in [2.05, 4.69) is 36.3 Å². The fourth-order valence-corrected chi connectivity index (χ4v) is 2.38. The fraction of sp³-hybridized carbons (Fsp3) is 0.467. The Morgan fingerprint density at radius 2 is 2.11 bits per heavy atom. The smallest absolute Gasteiger partial charge is 0.0833 e. The minimum Gasteiger partial charge on any atom is -0.253 e. The molecule has 4 heteroatoms. The van der Waals surface area contributed by atoms with Gasteiger partial charge in [-0.25, -0.2) is 0 Å². The highest BCUT2D eigenvalue weighted by atomic mass is 35.5. The van der Waals surface area contributed by atoms with Crippen molar-refractivity contribution in [1.82, 2.24) is 15.0 Å². The number of aryl methyl sites for hydroxylation is 2. The van der Waals surface area contributed by atoms with Gasteiger partial charge < -0.3 is 0 Å². The van der Waals surface area contributed by atoms with E-state index in [9.17, 15) is 0 Å². The lowest BCUT2D eigenvalue weighted by atomic mass is 9.91. The van der Waals surface area contributed by atoms with E-state index in [1.807, 2.05) is 23.9 Å². The summed E-state index contributed by atoms with van der Waals surface area (Å²) in [6.07, 6.45) is 4.04. The molecule has 0 aliphatic rings. The van der Waals surface area contributed by atoms with Gasteiger partial charge in [0.2, 0.25) is 0 Å². The van der Waals surface area contributed by atoms with Crippen LogP contribution in [0.4, 0.5) is 0 Å². The molecule has 2 rings (SSSR count). The van der Waals surface area contributed by atoms with E-state index in [0.717, 1.165) is 35.7 Å². The summed E-state index contributed by atoms with van der Waals surface area (Å²) in [5, 5.41) is 9.15. The van der Waals surface area contributed by atoms with Crippen LogP contribution in [-0.2, 0) is 13.0 Å². The predicted molar refractivity (Wildman–Crippen MR) is 78.6 cm³/mol. The number of nitrogens with zero attached hydrogens (tertiary/aromatic N) is 3. The minimum absolute atomic E-state index is 0.470. The molecule has 0 saturated carbocycles. The van der Waals surface area contributed by atoms with Crippen molar-refractivity contribution in [3.63, 3.8) is 0 Å². The van der Waals surface area contributed by atoms with E-state index in [0.29, 0.717) is 5.92 Å². The molecule has 0 radical (unpaired) electrons. The molecule has 3 nitrogen and oxygen atoms in total. The van der Waals surface area contributed by atoms with Gasteiger partial charge in [0.05, 0.1) is 5.69 Å². The molecule has 1 unspecified atom stereocenters. The first kappa shape index (κ1) is 14.1. The Morgan fingerprint density at radius 1 is 1.32 bits per heavy atom. The summed E-state index contributed by atoms with van der Waals surface area (Å²) < 4.78 is 1.87. The summed E-state index contributed by atoms with van der Waals surface area (Å²) in [4.78, 5) is 0. The SMILES string of the molecule is CCC(Cc1cn(CC)nn1)c1ccc(Cl)c(C)c1. The Morgan fingerprint density at radius 3 is 2.68 bits per heavy atom. The second-order valence-corrected chi connectivity index (χ2v) is 5.29. The van der Waals surface area contributed by atoms with Gasteiger partial charge >= 0.3 is 0 Å². The molecule has 0 aliphatic heterocycles. The molecule has 1 aromatic heterocycles. The third-order valence-corrected chi connectivity index (χ3v) is 3.94. The molecule has 0 fully saturated rings. The molecule has 0 spiro atoms. The minimum atomic E-state index is 0.470. The van der Waals surface area contributed by atoms with Gasteiger partial charge in [0.15, 0.2) is 0 Å². The fourth-order valence-electron chi connectivity index (χ4n) is 2.26. The Kier molecular flexibility index (Phi) is 4.59. The molecule has 0 bridgehead atoms. The summed E-state index contributed by atoms with van der Waals surface area (Å²) in [7, 11) is 0. The molecule has 2 aromatic rings. The summed E-state index contributed by atoms with van der Waals surface area (Å²) >= 11 is 6.09. The average Bonchev–Trinajstić information content (AvgIpc) is 2.87. The highest BCUT2D eigenvalue weighted by Crippen LogP contribution is 2.26. The number of hydrogen-bond donors (Lipinski definition) is 0. The number of benzene rings is 1. The lowest BCUT2D eigenvalue weighted by molar-refractivity contribution is 0.624. The third-order valence-electron chi connectivity index (χ3n) is 3.51. The Balaban J connectivity index is 2.17. The first-order chi connectivity index (χ1) is 9.13. The van der Waals surface area contributed by atoms with Gasteiger partial charge in [-0.3, -0.25) is 4.68 Å². The molecule has 1 atom stereocenters. The van der Waals surface area contributed by atoms with E-state index in [1.165, 1.54) is 5.56 Å². The maximum absolute atomic E-state index is 6.09. The number of aromatic nitrogens is 3. The molecule has 19 heavy (non-hydrogen) atoms. The van der Waals surface area contributed by atoms with E-state index < -0.39 is 0 Å². The predicted octanol–water partition coefficient (Wildman–Crippen LogP) is 4.00. The number of halogens is 1. The monoisotopic (exact) mass is 277 g/mol. The van der Waals surface area contributed by atoms with Crippen molar-refractivity contribution in [3.05, 3.63) is 46.2 Å². The molecule has 1 heterocycles. The highest BCUT2D eigenvalue weighted by Gasteiger charge is 2.13. The topological polar surface area (TPSA) is 30.7 Å². The van der Waals surface area contributed by atoms with Crippen molar-refractivity contribution in [1.29, 1.82) is 0 Å². The van der Waals surface area contributed by atoms with Crippen molar-refractivity contribution < 1.29 is 0 Å². The van der Waals surface area contributed by atoms with Crippen LogP contribution >= 0.6 is 11.6 Å². The van der Waals surface area contributed by atoms with Crippen LogP contribution in [0.25, 0.3) is 0 Å². The van der Waals surface area contributed by atoms with Crippen LogP contribution in [0.5, 0.6) is 0 Å². The van der Waals surface area contributed by atoms with Crippen LogP contribution in [0.15, 0.2) is 24.4 Å². The van der Waals surface area contributed by atoms with Crippen LogP contribution < -0.4 is 0 Å². The normalized spacial score (nSPS) is 12.6. The van der Waals surface area contributed by atoms with Gasteiger partial charge in [-0.1, -0.05) is 35.9 Å². The lowest BCUT2D eigenvalue weighted by Gasteiger charge is -2.15. The van der Waals surface area contributed by atoms with Crippen molar-refractivity contribution >= 4 is 11.6 Å². The van der Waals surface area contributed by atoms with Crippen molar-refractivity contribution in [2.75, 3.05) is 0 Å². The zero-order valence-electron chi connectivity index (χ0n) is 11.7. The van der Waals surface area contributed by atoms with Gasteiger partial charge in [-0.15, -0.1) is 5.10 Å². The maximum Gasteiger partial charge on any atom is 0.0833 e. The second kappa shape index (κ2) is 6.20. The lowest BCUT2D eigenvalue weighted by Crippen LogP contribution is -2.03. The Labute approximate surface area is 119 Å². The van der Waals surface area contributed by atoms with E-state index in [1.54, 1.807) is 0 Å². The quantitative estimate of drug-likeness (QED) is 0.827. The van der Waals surface area contributed by atoms with E-state index in [-0.39, 0.29) is 0 Å². The van der Waals surface area contributed by atoms with Crippen LogP contribution in [0, 0.1) is 6.92 Å². The number of hydrogen-bond acceptors (Lipinski definition) is 2. The van der Waals surface area contributed by atoms with Crippen LogP contribution in [0.1, 0.15) is 43.0 Å². The Hall–Kier alpha value is -1.35. The molecular weight excluding hydrogens is 258 g/mol. The van der Waals surface area contributed by atoms with Gasteiger partial charge in [-0.05, 0) is 49.8 Å². The third kappa shape index (κ3) is 3.35. The molecule has 0 aliphatic carbocycles. The zero-order chi connectivity index (χ0) is 13.8. The van der Waals surface area contributed by atoms with Crippen molar-refractivity contribution in [2.24, 2.45) is 0 Å². The highest BCUT2D eigenvalue weighted by molar-refractivity contribution is 6.31. The van der Waals surface area contributed by atoms with Crippen molar-refractivity contribution in [2.45, 2.75) is 46.1 Å². The summed E-state index contributed by atoms with van der Waals surface area (Å²) in [5.74, 6) is 0.470. The average molecular weight is 278 g/mol. The van der Waals surface area contributed by atoms with Crippen molar-refractivity contribution in [3.8, 4) is 0 Å². The molecule has 0 N–H and O–H groups in total. The maximum atomic E-state index is 6.09. The first-order valence-electron chi connectivity index (χ1n) is 6.79. The Bertz CT molecular complexity index is 548. The zero-order valence-corrected chi connectivity index (χ0v) is 12.5. The second-order valence-electron chi connectivity index (χ2n) is 4.88. The molecular formula is C15H20ClN3. The van der Waals surface area contributed by atoms with Gasteiger partial charge in [0.1, 0.15) is 0 Å². The molecule has 0 amide bonds. The van der Waals surface area contributed by atoms with Crippen LogP contribution in [-0.4, -0.2) is 15.0 Å². The summed E-state index contributed by atoms with van der Waals surface area (Å²) in [6, 6.07) is 6.28. The summed E-state index contributed by atoms with van der Waals surface area (Å²) in [6.45, 7) is 7.19. The van der Waals surface area contributed by atoms with E-state index >= 15 is 0 Å². The molecule has 0 saturated heterocycles. The largest absolute Gasteiger partial charge is 0.253 e. The molecule has 102 valence electrons. The first-order valence-corrected chi connectivity index (χ1v) is 7.16. The summed E-state index contributed by atoms with van der Waals surface area (Å²) in [5.41, 5.74) is 3.52. The van der Waals surface area contributed by atoms with Gasteiger partial charge in [0, 0.05) is 17.8 Å².